The van der Waals surface area contributed by atoms with Crippen LogP contribution in [0, 0.1) is 20.8 Å². The maximum Gasteiger partial charge on any atom is 0.0698 e. The van der Waals surface area contributed by atoms with Crippen molar-refractivity contribution in [3.63, 3.8) is 0 Å². The fourth-order valence-corrected chi connectivity index (χ4v) is 1.88. The first-order valence-electron chi connectivity index (χ1n) is 4.45. The molecule has 0 unspecified atom stereocenters. The first-order valence-corrected chi connectivity index (χ1v) is 4.45. The molecule has 0 saturated carbocycles. The van der Waals surface area contributed by atoms with Crippen LogP contribution in [0.15, 0.2) is 18.2 Å². The van der Waals surface area contributed by atoms with Gasteiger partial charge in [0.25, 0.3) is 0 Å². The Balaban J connectivity index is 3.03. The Morgan fingerprint density at radius 3 is 2.46 bits per heavy atom. The molecule has 13 heavy (non-hydrogen) atoms. The zero-order chi connectivity index (χ0) is 9.59. The molecule has 0 saturated heterocycles. The molecule has 68 valence electrons. The van der Waals surface area contributed by atoms with Crippen molar-refractivity contribution in [1.82, 2.24) is 4.68 Å². The van der Waals surface area contributed by atoms with Crippen molar-refractivity contribution in [2.75, 3.05) is 5.84 Å². The SMILES string of the molecule is Cc1cccc2c1c(C)c(C)n2N. The van der Waals surface area contributed by atoms with Gasteiger partial charge in [-0.05, 0) is 38.0 Å². The zero-order valence-corrected chi connectivity index (χ0v) is 8.26. The van der Waals surface area contributed by atoms with Gasteiger partial charge in [-0.1, -0.05) is 12.1 Å². The number of rotatable bonds is 0. The second-order valence-electron chi connectivity index (χ2n) is 3.55. The van der Waals surface area contributed by atoms with E-state index in [0.717, 1.165) is 11.2 Å². The molecular formula is C11H14N2. The average molecular weight is 174 g/mol. The van der Waals surface area contributed by atoms with Gasteiger partial charge in [0, 0.05) is 11.1 Å². The number of hydrogen-bond donors (Lipinski definition) is 1. The van der Waals surface area contributed by atoms with Crippen LogP contribution in [-0.2, 0) is 0 Å². The van der Waals surface area contributed by atoms with Crippen LogP contribution in [-0.4, -0.2) is 4.68 Å². The van der Waals surface area contributed by atoms with Gasteiger partial charge in [0.2, 0.25) is 0 Å². The summed E-state index contributed by atoms with van der Waals surface area (Å²) in [6, 6.07) is 6.22. The average Bonchev–Trinajstić information content (AvgIpc) is 2.33. The summed E-state index contributed by atoms with van der Waals surface area (Å²) in [6.07, 6.45) is 0. The van der Waals surface area contributed by atoms with Crippen LogP contribution in [0.5, 0.6) is 0 Å². The maximum absolute atomic E-state index is 5.92. The highest BCUT2D eigenvalue weighted by atomic mass is 15.3. The van der Waals surface area contributed by atoms with Crippen molar-refractivity contribution in [3.05, 3.63) is 35.0 Å². The Morgan fingerprint density at radius 2 is 1.85 bits per heavy atom. The van der Waals surface area contributed by atoms with Gasteiger partial charge in [-0.2, -0.15) is 0 Å². The van der Waals surface area contributed by atoms with Gasteiger partial charge in [0.1, 0.15) is 0 Å². The van der Waals surface area contributed by atoms with E-state index in [4.69, 9.17) is 5.84 Å². The van der Waals surface area contributed by atoms with Crippen LogP contribution in [0.3, 0.4) is 0 Å². The number of fused-ring (bicyclic) bond motifs is 1. The van der Waals surface area contributed by atoms with E-state index >= 15 is 0 Å². The van der Waals surface area contributed by atoms with E-state index in [1.54, 1.807) is 4.68 Å². The lowest BCUT2D eigenvalue weighted by atomic mass is 10.1. The van der Waals surface area contributed by atoms with Gasteiger partial charge in [-0.3, -0.25) is 4.68 Å². The molecule has 0 aliphatic carbocycles. The Kier molecular flexibility index (Phi) is 1.59. The van der Waals surface area contributed by atoms with Gasteiger partial charge in [-0.25, -0.2) is 0 Å². The van der Waals surface area contributed by atoms with Crippen LogP contribution < -0.4 is 5.84 Å². The molecule has 2 rings (SSSR count). The third-order valence-electron chi connectivity index (χ3n) is 2.79. The predicted octanol–water partition coefficient (Wildman–Crippen LogP) is 2.28. The van der Waals surface area contributed by atoms with Crippen molar-refractivity contribution in [3.8, 4) is 0 Å². The number of aromatic nitrogens is 1. The van der Waals surface area contributed by atoms with Crippen molar-refractivity contribution >= 4 is 10.9 Å². The third-order valence-corrected chi connectivity index (χ3v) is 2.79. The highest BCUT2D eigenvalue weighted by Gasteiger charge is 2.09. The van der Waals surface area contributed by atoms with Crippen molar-refractivity contribution in [1.29, 1.82) is 0 Å². The van der Waals surface area contributed by atoms with Crippen molar-refractivity contribution < 1.29 is 0 Å². The number of nitrogen functional groups attached to an aromatic ring is 1. The summed E-state index contributed by atoms with van der Waals surface area (Å²) in [5.41, 5.74) is 4.84. The number of nitrogens with two attached hydrogens (primary N) is 1. The van der Waals surface area contributed by atoms with Crippen molar-refractivity contribution in [2.24, 2.45) is 0 Å². The minimum Gasteiger partial charge on any atom is -0.339 e. The molecule has 1 aromatic carbocycles. The highest BCUT2D eigenvalue weighted by molar-refractivity contribution is 5.88. The van der Waals surface area contributed by atoms with Gasteiger partial charge < -0.3 is 5.84 Å². The fourth-order valence-electron chi connectivity index (χ4n) is 1.88. The smallest absolute Gasteiger partial charge is 0.0698 e. The molecule has 2 heteroatoms. The lowest BCUT2D eigenvalue weighted by molar-refractivity contribution is 0.989. The summed E-state index contributed by atoms with van der Waals surface area (Å²) < 4.78 is 1.76. The van der Waals surface area contributed by atoms with E-state index in [2.05, 4.69) is 32.9 Å². The molecular weight excluding hydrogens is 160 g/mol. The first kappa shape index (κ1) is 8.17. The molecule has 2 N–H and O–H groups in total. The minimum absolute atomic E-state index is 1.12. The predicted molar refractivity (Wildman–Crippen MR) is 56.3 cm³/mol. The highest BCUT2D eigenvalue weighted by Crippen LogP contribution is 2.25. The van der Waals surface area contributed by atoms with Gasteiger partial charge >= 0.3 is 0 Å². The van der Waals surface area contributed by atoms with E-state index in [9.17, 15) is 0 Å². The Morgan fingerprint density at radius 1 is 1.15 bits per heavy atom. The first-order chi connectivity index (χ1) is 6.13. The topological polar surface area (TPSA) is 30.9 Å². The zero-order valence-electron chi connectivity index (χ0n) is 8.26. The summed E-state index contributed by atoms with van der Waals surface area (Å²) in [5.74, 6) is 5.92. The largest absolute Gasteiger partial charge is 0.339 e. The van der Waals surface area contributed by atoms with E-state index in [1.807, 2.05) is 6.07 Å². The molecule has 0 atom stereocenters. The van der Waals surface area contributed by atoms with Crippen LogP contribution >= 0.6 is 0 Å². The second-order valence-corrected chi connectivity index (χ2v) is 3.55. The van der Waals surface area contributed by atoms with Crippen molar-refractivity contribution in [2.45, 2.75) is 20.8 Å². The van der Waals surface area contributed by atoms with E-state index in [1.165, 1.54) is 16.5 Å². The van der Waals surface area contributed by atoms with Gasteiger partial charge in [0.05, 0.1) is 5.52 Å². The fraction of sp³-hybridized carbons (Fsp3) is 0.273. The summed E-state index contributed by atoms with van der Waals surface area (Å²) in [6.45, 7) is 6.29. The van der Waals surface area contributed by atoms with Gasteiger partial charge in [0.15, 0.2) is 0 Å². The van der Waals surface area contributed by atoms with Crippen LogP contribution in [0.2, 0.25) is 0 Å². The summed E-state index contributed by atoms with van der Waals surface area (Å²) in [4.78, 5) is 0. The maximum atomic E-state index is 5.92. The standard InChI is InChI=1S/C11H14N2/c1-7-5-4-6-10-11(7)8(2)9(3)13(10)12/h4-6H,12H2,1-3H3. The minimum atomic E-state index is 1.12. The second kappa shape index (κ2) is 2.52. The Bertz CT molecular complexity index is 466. The Hall–Kier alpha value is -1.44. The number of benzene rings is 1. The molecule has 0 radical (unpaired) electrons. The van der Waals surface area contributed by atoms with Gasteiger partial charge in [-0.15, -0.1) is 0 Å². The number of nitrogens with zero attached hydrogens (tertiary/aromatic N) is 1. The molecule has 1 heterocycles. The molecule has 1 aromatic heterocycles. The van der Waals surface area contributed by atoms with Crippen LogP contribution in [0.4, 0.5) is 0 Å². The number of aryl methyl sites for hydroxylation is 2. The lowest BCUT2D eigenvalue weighted by Crippen LogP contribution is -2.09. The van der Waals surface area contributed by atoms with E-state index < -0.39 is 0 Å². The summed E-state index contributed by atoms with van der Waals surface area (Å²) in [7, 11) is 0. The van der Waals surface area contributed by atoms with Crippen LogP contribution in [0.25, 0.3) is 10.9 Å². The van der Waals surface area contributed by atoms with E-state index in [-0.39, 0.29) is 0 Å². The molecule has 0 amide bonds. The lowest BCUT2D eigenvalue weighted by Gasteiger charge is -1.98. The van der Waals surface area contributed by atoms with E-state index in [0.29, 0.717) is 0 Å². The molecule has 0 spiro atoms. The van der Waals surface area contributed by atoms with Crippen LogP contribution in [0.1, 0.15) is 16.8 Å². The molecule has 0 bridgehead atoms. The third kappa shape index (κ3) is 0.949. The molecule has 2 aromatic rings. The molecule has 0 aliphatic rings. The molecule has 0 fully saturated rings. The monoisotopic (exact) mass is 174 g/mol. The molecule has 2 nitrogen and oxygen atoms in total. The summed E-state index contributed by atoms with van der Waals surface area (Å²) in [5, 5.41) is 1.29. The number of hydrogen-bond acceptors (Lipinski definition) is 1. The summed E-state index contributed by atoms with van der Waals surface area (Å²) >= 11 is 0. The molecule has 0 aliphatic heterocycles. The normalized spacial score (nSPS) is 11.0. The quantitative estimate of drug-likeness (QED) is 0.610. The Labute approximate surface area is 77.9 Å².